The van der Waals surface area contributed by atoms with Gasteiger partial charge < -0.3 is 38.9 Å². The Balaban J connectivity index is 1.53. The van der Waals surface area contributed by atoms with Gasteiger partial charge in [-0.15, -0.1) is 0 Å². The number of carbonyl (C=O) groups is 4. The van der Waals surface area contributed by atoms with Crippen molar-refractivity contribution in [2.24, 2.45) is 0 Å². The number of aromatic nitrogens is 4. The summed E-state index contributed by atoms with van der Waals surface area (Å²) >= 11 is 0. The van der Waals surface area contributed by atoms with E-state index in [0.717, 1.165) is 80.1 Å². The van der Waals surface area contributed by atoms with E-state index in [1.807, 2.05) is 13.8 Å². The maximum atomic E-state index is 13.8. The minimum atomic E-state index is -0.426. The fourth-order valence-electron chi connectivity index (χ4n) is 9.21. The molecule has 7 rings (SSSR count). The van der Waals surface area contributed by atoms with Gasteiger partial charge in [-0.1, -0.05) is 27.7 Å². The fraction of sp³-hybridized carbons (Fsp3) is 0.524. The molecule has 12 heteroatoms. The average molecular weight is 743 g/mol. The Morgan fingerprint density at radius 2 is 0.722 bits per heavy atom. The van der Waals surface area contributed by atoms with Gasteiger partial charge in [0.1, 0.15) is 22.8 Å². The molecule has 4 N–H and O–H groups in total. The van der Waals surface area contributed by atoms with E-state index in [2.05, 4.69) is 33.8 Å². The van der Waals surface area contributed by atoms with Crippen LogP contribution in [0.5, 0.6) is 0 Å². The van der Waals surface area contributed by atoms with Crippen molar-refractivity contribution >= 4 is 23.9 Å². The number of fused-ring (bicyclic) bond motifs is 1. The summed E-state index contributed by atoms with van der Waals surface area (Å²) in [6.07, 6.45) is 5.13. The van der Waals surface area contributed by atoms with Crippen molar-refractivity contribution in [2.75, 3.05) is 26.4 Å². The van der Waals surface area contributed by atoms with Crippen molar-refractivity contribution in [1.82, 2.24) is 19.9 Å². The number of rotatable bonds is 16. The Hall–Kier alpha value is -5.00. The van der Waals surface area contributed by atoms with E-state index < -0.39 is 11.9 Å². The molecule has 0 aromatic carbocycles. The minimum Gasteiger partial charge on any atom is -0.461 e. The molecule has 0 amide bonds. The van der Waals surface area contributed by atoms with Crippen LogP contribution in [0.1, 0.15) is 189 Å². The van der Waals surface area contributed by atoms with Crippen molar-refractivity contribution in [3.63, 3.8) is 0 Å². The van der Waals surface area contributed by atoms with Crippen molar-refractivity contribution in [3.05, 3.63) is 90.1 Å². The van der Waals surface area contributed by atoms with Gasteiger partial charge in [-0.3, -0.25) is 0 Å². The maximum absolute atomic E-state index is 13.8. The lowest BCUT2D eigenvalue weighted by atomic mass is 9.63. The van der Waals surface area contributed by atoms with Gasteiger partial charge in [-0.05, 0) is 111 Å². The van der Waals surface area contributed by atoms with Crippen LogP contribution >= 0.6 is 0 Å². The zero-order chi connectivity index (χ0) is 38.8. The molecule has 0 spiro atoms. The first kappa shape index (κ1) is 38.7. The highest BCUT2D eigenvalue weighted by Crippen LogP contribution is 2.57. The number of aromatic amines is 4. The molecule has 2 bridgehead atoms. The number of carbonyl (C=O) groups excluding carboxylic acids is 4. The zero-order valence-corrected chi connectivity index (χ0v) is 32.9. The van der Waals surface area contributed by atoms with Crippen LogP contribution in [0.3, 0.4) is 0 Å². The van der Waals surface area contributed by atoms with Gasteiger partial charge >= 0.3 is 23.9 Å². The molecule has 0 fully saturated rings. The van der Waals surface area contributed by atoms with Crippen molar-refractivity contribution < 1.29 is 38.1 Å². The molecule has 4 aromatic heterocycles. The van der Waals surface area contributed by atoms with Gasteiger partial charge in [0.25, 0.3) is 0 Å². The number of hydrogen-bond donors (Lipinski definition) is 4. The third-order valence-electron chi connectivity index (χ3n) is 11.1. The molecule has 0 radical (unpaired) electrons. The van der Waals surface area contributed by atoms with Gasteiger partial charge in [0.2, 0.25) is 0 Å². The summed E-state index contributed by atoms with van der Waals surface area (Å²) in [6, 6.07) is 0. The Morgan fingerprint density at radius 1 is 0.426 bits per heavy atom. The summed E-state index contributed by atoms with van der Waals surface area (Å²) in [5, 5.41) is 0. The van der Waals surface area contributed by atoms with Gasteiger partial charge in [0.05, 0.1) is 26.4 Å². The Kier molecular flexibility index (Phi) is 11.6. The Bertz CT molecular complexity index is 1930. The molecule has 4 heterocycles. The summed E-state index contributed by atoms with van der Waals surface area (Å²) in [5.41, 5.74) is 13.1. The van der Waals surface area contributed by atoms with Crippen LogP contribution in [0.2, 0.25) is 0 Å². The number of hydrogen-bond acceptors (Lipinski definition) is 8. The predicted octanol–water partition coefficient (Wildman–Crippen LogP) is 7.51. The number of esters is 4. The van der Waals surface area contributed by atoms with Gasteiger partial charge in [-0.25, -0.2) is 19.2 Å². The van der Waals surface area contributed by atoms with Gasteiger partial charge in [0.15, 0.2) is 0 Å². The highest BCUT2D eigenvalue weighted by molar-refractivity contribution is 5.95. The molecule has 4 aromatic rings. The summed E-state index contributed by atoms with van der Waals surface area (Å²) in [7, 11) is 0. The van der Waals surface area contributed by atoms with Crippen LogP contribution in [0, 0.1) is 0 Å². The predicted molar refractivity (Wildman–Crippen MR) is 203 cm³/mol. The van der Waals surface area contributed by atoms with Crippen LogP contribution in [0.25, 0.3) is 0 Å². The molecular formula is C42H54N4O8. The van der Waals surface area contributed by atoms with Crippen LogP contribution in [0.15, 0.2) is 0 Å². The van der Waals surface area contributed by atoms with E-state index in [1.54, 1.807) is 27.7 Å². The quantitative estimate of drug-likeness (QED) is 0.0676. The van der Waals surface area contributed by atoms with Gasteiger partial charge in [0, 0.05) is 47.5 Å². The van der Waals surface area contributed by atoms with E-state index in [-0.39, 0.29) is 50.2 Å². The topological polar surface area (TPSA) is 168 Å². The molecular weight excluding hydrogens is 688 g/mol. The third kappa shape index (κ3) is 6.47. The molecule has 54 heavy (non-hydrogen) atoms. The third-order valence-corrected chi connectivity index (χ3v) is 11.1. The van der Waals surface area contributed by atoms with Crippen LogP contribution in [-0.4, -0.2) is 70.2 Å². The van der Waals surface area contributed by atoms with E-state index >= 15 is 0 Å². The SMILES string of the molecule is CCOC(=O)c1[nH]c(Cc2[nH]c(C(=O)OCC)c3c2C2CCC3c3c(Cc4[nH]c(C(=O)OCC)c(CC)c4CC)[nH]c(C(=O)OCC)c32)c(CC)c1CC. The minimum absolute atomic E-state index is 0.204. The maximum Gasteiger partial charge on any atom is 0.355 e. The molecule has 12 nitrogen and oxygen atoms in total. The van der Waals surface area contributed by atoms with Crippen molar-refractivity contribution in [1.29, 1.82) is 0 Å². The first-order chi connectivity index (χ1) is 26.1. The van der Waals surface area contributed by atoms with E-state index in [1.165, 1.54) is 0 Å². The molecule has 290 valence electrons. The molecule has 3 aliphatic carbocycles. The Labute approximate surface area is 316 Å². The van der Waals surface area contributed by atoms with Crippen LogP contribution in [-0.2, 0) is 57.5 Å². The van der Waals surface area contributed by atoms with Crippen LogP contribution in [0.4, 0.5) is 0 Å². The van der Waals surface area contributed by atoms with E-state index in [9.17, 15) is 19.2 Å². The summed E-state index contributed by atoms with van der Waals surface area (Å²) in [4.78, 5) is 67.4. The molecule has 0 aliphatic heterocycles. The molecule has 2 atom stereocenters. The highest BCUT2D eigenvalue weighted by Gasteiger charge is 2.47. The second-order valence-corrected chi connectivity index (χ2v) is 13.8. The molecule has 0 saturated carbocycles. The zero-order valence-electron chi connectivity index (χ0n) is 32.9. The summed E-state index contributed by atoms with van der Waals surface area (Å²) in [5.74, 6) is -2.02. The lowest BCUT2D eigenvalue weighted by Crippen LogP contribution is -2.27. The van der Waals surface area contributed by atoms with E-state index in [0.29, 0.717) is 61.3 Å². The smallest absolute Gasteiger partial charge is 0.355 e. The average Bonchev–Trinajstić information content (AvgIpc) is 3.93. The van der Waals surface area contributed by atoms with Crippen molar-refractivity contribution in [3.8, 4) is 0 Å². The second kappa shape index (κ2) is 16.2. The normalized spacial score (nSPS) is 15.6. The largest absolute Gasteiger partial charge is 0.461 e. The Morgan fingerprint density at radius 3 is 1.02 bits per heavy atom. The fourth-order valence-corrected chi connectivity index (χ4v) is 9.21. The first-order valence-electron chi connectivity index (χ1n) is 19.7. The monoisotopic (exact) mass is 742 g/mol. The van der Waals surface area contributed by atoms with Gasteiger partial charge in [-0.2, -0.15) is 0 Å². The standard InChI is InChI=1S/C42H54N4O8/c1-9-21-23(11-3)35(39(47)51-13-5)43-27(21)19-29-31-25-17-18-26(33(31)37(45-29)41(49)53-15-7)32-30(46-38(34(25)32)42(50)54-16-8)20-28-22(10-2)24(12-4)36(44-28)40(48)52-14-6/h25-26,43-46H,9-20H2,1-8H3. The highest BCUT2D eigenvalue weighted by atomic mass is 16.5. The summed E-state index contributed by atoms with van der Waals surface area (Å²) in [6.45, 7) is 16.4. The molecule has 2 unspecified atom stereocenters. The number of ether oxygens (including phenoxy) is 4. The molecule has 3 aliphatic rings. The van der Waals surface area contributed by atoms with E-state index in [4.69, 9.17) is 18.9 Å². The molecule has 0 saturated heterocycles. The lowest BCUT2D eigenvalue weighted by Gasteiger charge is -2.38. The first-order valence-corrected chi connectivity index (χ1v) is 19.7. The van der Waals surface area contributed by atoms with Crippen molar-refractivity contribution in [2.45, 2.75) is 119 Å². The summed E-state index contributed by atoms with van der Waals surface area (Å²) < 4.78 is 22.1. The number of nitrogens with one attached hydrogen (secondary N) is 4. The lowest BCUT2D eigenvalue weighted by molar-refractivity contribution is 0.0507. The van der Waals surface area contributed by atoms with Crippen LogP contribution < -0.4 is 0 Å². The second-order valence-electron chi connectivity index (χ2n) is 13.8. The number of H-pyrrole nitrogens is 4.